The Morgan fingerprint density at radius 3 is 3.06 bits per heavy atom. The molecule has 0 saturated carbocycles. The van der Waals surface area contributed by atoms with Crippen LogP contribution in [-0.4, -0.2) is 18.2 Å². The zero-order chi connectivity index (χ0) is 12.1. The lowest BCUT2D eigenvalue weighted by Crippen LogP contribution is -2.22. The van der Waals surface area contributed by atoms with Gasteiger partial charge in [-0.1, -0.05) is 17.3 Å². The molecule has 1 N–H and O–H groups in total. The zero-order valence-electron chi connectivity index (χ0n) is 9.34. The minimum Gasteiger partial charge on any atom is -0.497 e. The van der Waals surface area contributed by atoms with Gasteiger partial charge in [-0.05, 0) is 17.7 Å². The third-order valence-electron chi connectivity index (χ3n) is 2.25. The van der Waals surface area contributed by atoms with Gasteiger partial charge in [0.15, 0.2) is 0 Å². The molecule has 5 heteroatoms. The molecule has 0 aliphatic heterocycles. The van der Waals surface area contributed by atoms with E-state index in [4.69, 9.17) is 9.26 Å². The Bertz CT molecular complexity index is 494. The Balaban J connectivity index is 1.95. The Morgan fingerprint density at radius 2 is 2.35 bits per heavy atom. The smallest absolute Gasteiger partial charge is 0.290 e. The molecular weight excluding hydrogens is 220 g/mol. The van der Waals surface area contributed by atoms with Gasteiger partial charge in [-0.15, -0.1) is 0 Å². The molecule has 0 aliphatic carbocycles. The highest BCUT2D eigenvalue weighted by atomic mass is 16.5. The summed E-state index contributed by atoms with van der Waals surface area (Å²) in [6, 6.07) is 9.00. The van der Waals surface area contributed by atoms with E-state index in [9.17, 15) is 4.79 Å². The number of benzene rings is 1. The molecule has 1 aromatic carbocycles. The predicted molar refractivity (Wildman–Crippen MR) is 60.7 cm³/mol. The largest absolute Gasteiger partial charge is 0.497 e. The fourth-order valence-corrected chi connectivity index (χ4v) is 1.38. The number of hydrogen-bond acceptors (Lipinski definition) is 4. The van der Waals surface area contributed by atoms with Crippen LogP contribution in [0.1, 0.15) is 16.1 Å². The molecular formula is C12H12N2O3. The van der Waals surface area contributed by atoms with Crippen LogP contribution in [0, 0.1) is 0 Å². The Labute approximate surface area is 98.4 Å². The van der Waals surface area contributed by atoms with Crippen LogP contribution in [0.5, 0.6) is 5.75 Å². The molecule has 0 atom stereocenters. The van der Waals surface area contributed by atoms with Crippen LogP contribution in [0.2, 0.25) is 0 Å². The molecule has 0 aliphatic rings. The van der Waals surface area contributed by atoms with E-state index >= 15 is 0 Å². The second-order valence-electron chi connectivity index (χ2n) is 3.41. The average Bonchev–Trinajstić information content (AvgIpc) is 2.90. The number of carbonyl (C=O) groups excluding carboxylic acids is 1. The highest BCUT2D eigenvalue weighted by Crippen LogP contribution is 2.12. The Hall–Kier alpha value is -2.30. The van der Waals surface area contributed by atoms with Gasteiger partial charge in [-0.25, -0.2) is 0 Å². The summed E-state index contributed by atoms with van der Waals surface area (Å²) < 4.78 is 9.83. The topological polar surface area (TPSA) is 64.4 Å². The summed E-state index contributed by atoms with van der Waals surface area (Å²) in [5, 5.41) is 6.19. The summed E-state index contributed by atoms with van der Waals surface area (Å²) in [6.45, 7) is 0.413. The number of rotatable bonds is 4. The monoisotopic (exact) mass is 232 g/mol. The molecule has 0 fully saturated rings. The maximum atomic E-state index is 11.6. The quantitative estimate of drug-likeness (QED) is 0.869. The first kappa shape index (κ1) is 11.2. The standard InChI is InChI=1S/C12H12N2O3/c1-16-10-4-2-3-9(7-10)8-13-12(15)11-5-6-14-17-11/h2-7H,8H2,1H3,(H,13,15). The second-order valence-corrected chi connectivity index (χ2v) is 3.41. The molecule has 0 bridgehead atoms. The van der Waals surface area contributed by atoms with Crippen molar-refractivity contribution in [3.05, 3.63) is 47.9 Å². The van der Waals surface area contributed by atoms with E-state index in [-0.39, 0.29) is 11.7 Å². The van der Waals surface area contributed by atoms with Crippen molar-refractivity contribution in [3.8, 4) is 5.75 Å². The van der Waals surface area contributed by atoms with Crippen molar-refractivity contribution in [1.29, 1.82) is 0 Å². The molecule has 1 aromatic heterocycles. The van der Waals surface area contributed by atoms with Gasteiger partial charge in [-0.3, -0.25) is 4.79 Å². The van der Waals surface area contributed by atoms with E-state index in [0.717, 1.165) is 11.3 Å². The molecule has 1 amide bonds. The molecule has 2 rings (SSSR count). The minimum atomic E-state index is -0.287. The van der Waals surface area contributed by atoms with E-state index in [1.165, 1.54) is 12.3 Å². The van der Waals surface area contributed by atoms with Crippen LogP contribution >= 0.6 is 0 Å². The van der Waals surface area contributed by atoms with Crippen molar-refractivity contribution in [1.82, 2.24) is 10.5 Å². The number of nitrogens with zero attached hydrogens (tertiary/aromatic N) is 1. The van der Waals surface area contributed by atoms with Gasteiger partial charge in [0.25, 0.3) is 5.91 Å². The number of nitrogens with one attached hydrogen (secondary N) is 1. The third kappa shape index (κ3) is 2.84. The lowest BCUT2D eigenvalue weighted by molar-refractivity contribution is 0.0914. The molecule has 2 aromatic rings. The summed E-state index contributed by atoms with van der Waals surface area (Å²) in [4.78, 5) is 11.6. The third-order valence-corrected chi connectivity index (χ3v) is 2.25. The fraction of sp³-hybridized carbons (Fsp3) is 0.167. The van der Waals surface area contributed by atoms with E-state index < -0.39 is 0 Å². The summed E-state index contributed by atoms with van der Waals surface area (Å²) >= 11 is 0. The summed E-state index contributed by atoms with van der Waals surface area (Å²) in [7, 11) is 1.60. The Kier molecular flexibility index (Phi) is 3.40. The van der Waals surface area contributed by atoms with Crippen LogP contribution in [0.3, 0.4) is 0 Å². The number of hydrogen-bond donors (Lipinski definition) is 1. The first-order valence-electron chi connectivity index (χ1n) is 5.11. The van der Waals surface area contributed by atoms with E-state index in [2.05, 4.69) is 10.5 Å². The minimum absolute atomic E-state index is 0.202. The van der Waals surface area contributed by atoms with Crippen molar-refractivity contribution < 1.29 is 14.1 Å². The van der Waals surface area contributed by atoms with Crippen molar-refractivity contribution >= 4 is 5.91 Å². The summed E-state index contributed by atoms with van der Waals surface area (Å²) in [6.07, 6.45) is 1.43. The number of aromatic nitrogens is 1. The van der Waals surface area contributed by atoms with Gasteiger partial charge in [0.2, 0.25) is 5.76 Å². The number of ether oxygens (including phenoxy) is 1. The molecule has 0 saturated heterocycles. The van der Waals surface area contributed by atoms with Gasteiger partial charge in [-0.2, -0.15) is 0 Å². The van der Waals surface area contributed by atoms with Gasteiger partial charge in [0, 0.05) is 12.6 Å². The average molecular weight is 232 g/mol. The van der Waals surface area contributed by atoms with E-state index in [1.54, 1.807) is 7.11 Å². The van der Waals surface area contributed by atoms with Gasteiger partial charge in [0.05, 0.1) is 13.3 Å². The number of carbonyl (C=O) groups is 1. The molecule has 0 spiro atoms. The molecule has 0 radical (unpaired) electrons. The summed E-state index contributed by atoms with van der Waals surface area (Å²) in [5.74, 6) is 0.676. The van der Waals surface area contributed by atoms with Crippen molar-refractivity contribution in [2.75, 3.05) is 7.11 Å². The van der Waals surface area contributed by atoms with Crippen LogP contribution in [0.25, 0.3) is 0 Å². The molecule has 1 heterocycles. The van der Waals surface area contributed by atoms with Gasteiger partial charge < -0.3 is 14.6 Å². The normalized spacial score (nSPS) is 9.94. The first-order valence-corrected chi connectivity index (χ1v) is 5.11. The first-order chi connectivity index (χ1) is 8.29. The maximum absolute atomic E-state index is 11.6. The Morgan fingerprint density at radius 1 is 1.47 bits per heavy atom. The SMILES string of the molecule is COc1cccc(CNC(=O)c2ccno2)c1. The molecule has 5 nitrogen and oxygen atoms in total. The fourth-order valence-electron chi connectivity index (χ4n) is 1.38. The predicted octanol–water partition coefficient (Wildman–Crippen LogP) is 1.61. The number of amides is 1. The lowest BCUT2D eigenvalue weighted by atomic mass is 10.2. The lowest BCUT2D eigenvalue weighted by Gasteiger charge is -2.05. The van der Waals surface area contributed by atoms with Crippen LogP contribution in [-0.2, 0) is 6.54 Å². The van der Waals surface area contributed by atoms with Crippen LogP contribution in [0.4, 0.5) is 0 Å². The number of methoxy groups -OCH3 is 1. The highest BCUT2D eigenvalue weighted by Gasteiger charge is 2.08. The summed E-state index contributed by atoms with van der Waals surface area (Å²) in [5.41, 5.74) is 0.956. The zero-order valence-corrected chi connectivity index (χ0v) is 9.34. The maximum Gasteiger partial charge on any atom is 0.290 e. The van der Waals surface area contributed by atoms with Crippen molar-refractivity contribution in [2.45, 2.75) is 6.54 Å². The molecule has 17 heavy (non-hydrogen) atoms. The highest BCUT2D eigenvalue weighted by molar-refractivity contribution is 5.91. The van der Waals surface area contributed by atoms with Gasteiger partial charge in [0.1, 0.15) is 5.75 Å². The van der Waals surface area contributed by atoms with Gasteiger partial charge >= 0.3 is 0 Å². The van der Waals surface area contributed by atoms with Crippen LogP contribution in [0.15, 0.2) is 41.1 Å². The molecule has 0 unspecified atom stereocenters. The molecule has 88 valence electrons. The van der Waals surface area contributed by atoms with E-state index in [0.29, 0.717) is 6.54 Å². The van der Waals surface area contributed by atoms with Crippen molar-refractivity contribution in [3.63, 3.8) is 0 Å². The van der Waals surface area contributed by atoms with E-state index in [1.807, 2.05) is 24.3 Å². The second kappa shape index (κ2) is 5.16. The van der Waals surface area contributed by atoms with Crippen LogP contribution < -0.4 is 10.1 Å². The van der Waals surface area contributed by atoms with Crippen molar-refractivity contribution in [2.24, 2.45) is 0 Å².